The lowest BCUT2D eigenvalue weighted by Gasteiger charge is -2.69. The molecule has 0 spiro atoms. The molecule has 0 radical (unpaired) electrons. The fraction of sp³-hybridized carbons (Fsp3) is 0.972. The maximum absolute atomic E-state index is 13.9. The summed E-state index contributed by atoms with van der Waals surface area (Å²) < 4.78 is 0. The van der Waals surface area contributed by atoms with Crippen LogP contribution in [0.15, 0.2) is 0 Å². The first-order valence-corrected chi connectivity index (χ1v) is 17.9. The molecule has 0 aromatic heterocycles. The minimum absolute atomic E-state index is 0.0391. The Morgan fingerprint density at radius 1 is 0.857 bits per heavy atom. The van der Waals surface area contributed by atoms with E-state index < -0.39 is 0 Å². The number of hydrogen-bond acceptors (Lipinski definition) is 5. The normalized spacial score (nSPS) is 42.1. The van der Waals surface area contributed by atoms with Crippen LogP contribution >= 0.6 is 0 Å². The molecule has 0 aromatic carbocycles. The predicted molar refractivity (Wildman–Crippen MR) is 173 cm³/mol. The van der Waals surface area contributed by atoms with Crippen molar-refractivity contribution in [1.82, 2.24) is 10.6 Å². The van der Waals surface area contributed by atoms with Crippen LogP contribution in [0.4, 0.5) is 0 Å². The van der Waals surface area contributed by atoms with Crippen LogP contribution in [0.1, 0.15) is 125 Å². The van der Waals surface area contributed by atoms with Gasteiger partial charge in [0, 0.05) is 12.5 Å². The summed E-state index contributed by atoms with van der Waals surface area (Å²) in [7, 11) is 0. The maximum Gasteiger partial charge on any atom is 0.223 e. The third-order valence-corrected chi connectivity index (χ3v) is 13.7. The Morgan fingerprint density at radius 3 is 2.29 bits per heavy atom. The summed E-state index contributed by atoms with van der Waals surface area (Å²) in [4.78, 5) is 13.9. The second-order valence-electron chi connectivity index (χ2n) is 16.4. The molecule has 4 rings (SSSR count). The summed E-state index contributed by atoms with van der Waals surface area (Å²) in [6.07, 6.45) is 13.1. The van der Waals surface area contributed by atoms with Crippen LogP contribution in [0.3, 0.4) is 0 Å². The Hall–Kier alpha value is -0.690. The van der Waals surface area contributed by atoms with Gasteiger partial charge in [-0.15, -0.1) is 0 Å². The molecule has 4 fully saturated rings. The van der Waals surface area contributed by atoms with Crippen LogP contribution in [-0.2, 0) is 4.79 Å². The highest BCUT2D eigenvalue weighted by atomic mass is 16.3. The summed E-state index contributed by atoms with van der Waals surface area (Å²) in [5.74, 6) is 2.73. The summed E-state index contributed by atoms with van der Waals surface area (Å²) in [6, 6.07) is 0. The highest BCUT2D eigenvalue weighted by Gasteiger charge is 2.70. The second-order valence-corrected chi connectivity index (χ2v) is 16.4. The van der Waals surface area contributed by atoms with E-state index in [2.05, 4.69) is 52.2 Å². The average molecular weight is 590 g/mol. The van der Waals surface area contributed by atoms with Gasteiger partial charge in [0.15, 0.2) is 0 Å². The molecule has 4 aliphatic carbocycles. The number of hydrogen-bond donors (Lipinski definition) is 5. The van der Waals surface area contributed by atoms with Gasteiger partial charge in [-0.1, -0.05) is 54.4 Å². The molecule has 0 aromatic rings. The highest BCUT2D eigenvalue weighted by molar-refractivity contribution is 5.79. The van der Waals surface area contributed by atoms with E-state index in [0.29, 0.717) is 29.6 Å². The summed E-state index contributed by atoms with van der Waals surface area (Å²) >= 11 is 0. The summed E-state index contributed by atoms with van der Waals surface area (Å²) in [5, 5.41) is 29.6. The van der Waals surface area contributed by atoms with E-state index in [0.717, 1.165) is 103 Å². The van der Waals surface area contributed by atoms with Crippen LogP contribution in [0, 0.1) is 57.7 Å². The van der Waals surface area contributed by atoms with Gasteiger partial charge >= 0.3 is 0 Å². The van der Waals surface area contributed by atoms with Crippen LogP contribution in [0.5, 0.6) is 0 Å². The fourth-order valence-electron chi connectivity index (χ4n) is 11.3. The topological polar surface area (TPSA) is 108 Å². The number of carbonyl (C=O) groups excluding carboxylic acids is 1. The first-order chi connectivity index (χ1) is 19.9. The first kappa shape index (κ1) is 34.2. The number of unbranched alkanes of at least 4 members (excludes halogenated alkanes) is 1. The molecule has 0 heterocycles. The van der Waals surface area contributed by atoms with E-state index in [4.69, 9.17) is 5.73 Å². The molecule has 0 bridgehead atoms. The molecule has 4 aliphatic rings. The number of nitrogens with two attached hydrogens (primary N) is 1. The molecular formula is C36H67N3O3. The lowest BCUT2D eigenvalue weighted by atomic mass is 9.36. The molecule has 6 heteroatoms. The second kappa shape index (κ2) is 14.2. The Labute approximate surface area is 258 Å². The van der Waals surface area contributed by atoms with Gasteiger partial charge in [-0.05, 0) is 142 Å². The Balaban J connectivity index is 1.48. The highest BCUT2D eigenvalue weighted by Crippen LogP contribution is 2.74. The molecular weight excluding hydrogens is 522 g/mol. The molecule has 244 valence electrons. The Bertz CT molecular complexity index is 883. The maximum atomic E-state index is 13.9. The zero-order chi connectivity index (χ0) is 30.7. The van der Waals surface area contributed by atoms with E-state index in [1.54, 1.807) is 0 Å². The first-order valence-electron chi connectivity index (χ1n) is 17.9. The number of fused-ring (bicyclic) bond motifs is 5. The van der Waals surface area contributed by atoms with E-state index in [-0.39, 0.29) is 46.2 Å². The largest absolute Gasteiger partial charge is 0.393 e. The molecule has 1 amide bonds. The lowest BCUT2D eigenvalue weighted by Crippen LogP contribution is -2.66. The fourth-order valence-corrected chi connectivity index (χ4v) is 11.3. The number of nitrogens with one attached hydrogen (secondary N) is 2. The molecule has 0 saturated heterocycles. The van der Waals surface area contributed by atoms with Crippen LogP contribution < -0.4 is 16.4 Å². The average Bonchev–Trinajstić information content (AvgIpc) is 3.27. The van der Waals surface area contributed by atoms with Crippen molar-refractivity contribution in [2.24, 2.45) is 63.4 Å². The number of rotatable bonds is 14. The SMILES string of the molecule is CC(C)CCCC(C(=O)NCCCNCCCCN)[C@@H]1CC[C@@]2(C)C1C[C@@H](O)C1[C@@]3(C)CC[C@@H](O)[C@@H](C)C3CC[C@@]12C. The number of aliphatic hydroxyl groups excluding tert-OH is 2. The van der Waals surface area contributed by atoms with Crippen LogP contribution in [0.2, 0.25) is 0 Å². The van der Waals surface area contributed by atoms with Crippen LogP contribution in [0.25, 0.3) is 0 Å². The number of carbonyl (C=O) groups is 1. The Kier molecular flexibility index (Phi) is 11.5. The lowest BCUT2D eigenvalue weighted by molar-refractivity contribution is -0.239. The van der Waals surface area contributed by atoms with Gasteiger partial charge in [-0.25, -0.2) is 0 Å². The molecule has 42 heavy (non-hydrogen) atoms. The minimum atomic E-state index is -0.325. The van der Waals surface area contributed by atoms with Gasteiger partial charge < -0.3 is 26.6 Å². The van der Waals surface area contributed by atoms with E-state index >= 15 is 0 Å². The van der Waals surface area contributed by atoms with Crippen molar-refractivity contribution in [3.05, 3.63) is 0 Å². The van der Waals surface area contributed by atoms with E-state index in [1.807, 2.05) is 0 Å². The molecule has 4 saturated carbocycles. The zero-order valence-electron chi connectivity index (χ0n) is 28.1. The molecule has 11 atom stereocenters. The number of aliphatic hydroxyl groups is 2. The van der Waals surface area contributed by atoms with Gasteiger partial charge in [0.25, 0.3) is 0 Å². The Morgan fingerprint density at radius 2 is 1.57 bits per heavy atom. The third kappa shape index (κ3) is 6.49. The van der Waals surface area contributed by atoms with Crippen molar-refractivity contribution in [2.45, 2.75) is 137 Å². The van der Waals surface area contributed by atoms with Gasteiger partial charge in [-0.2, -0.15) is 0 Å². The zero-order valence-corrected chi connectivity index (χ0v) is 28.1. The summed E-state index contributed by atoms with van der Waals surface area (Å²) in [5.41, 5.74) is 5.87. The minimum Gasteiger partial charge on any atom is -0.393 e. The standard InChI is InChI=1S/C36H67N3O3/c1-24(2)11-9-12-27(33(42)39-22-10-21-38-20-8-7-19-37)26-13-17-35(5)29(26)23-31(41)32-34(4)16-15-30(40)25(3)28(34)14-18-36(32,35)6/h24-32,38,40-41H,7-23,37H2,1-6H3,(H,39,42)/t25-,26-,27?,28?,29?,30+,31+,32?,34-,35-,36-/m0/s1. The van der Waals surface area contributed by atoms with Crippen molar-refractivity contribution < 1.29 is 15.0 Å². The van der Waals surface area contributed by atoms with Crippen LogP contribution in [-0.4, -0.2) is 54.5 Å². The quantitative estimate of drug-likeness (QED) is 0.162. The van der Waals surface area contributed by atoms with Crippen molar-refractivity contribution in [3.8, 4) is 0 Å². The number of amides is 1. The van der Waals surface area contributed by atoms with E-state index in [9.17, 15) is 15.0 Å². The van der Waals surface area contributed by atoms with Crippen molar-refractivity contribution in [1.29, 1.82) is 0 Å². The van der Waals surface area contributed by atoms with Crippen molar-refractivity contribution >= 4 is 5.91 Å². The predicted octanol–water partition coefficient (Wildman–Crippen LogP) is 5.89. The molecule has 6 nitrogen and oxygen atoms in total. The smallest absolute Gasteiger partial charge is 0.223 e. The van der Waals surface area contributed by atoms with Gasteiger partial charge in [-0.3, -0.25) is 4.79 Å². The van der Waals surface area contributed by atoms with Gasteiger partial charge in [0.2, 0.25) is 5.91 Å². The monoisotopic (exact) mass is 590 g/mol. The molecule has 0 aliphatic heterocycles. The van der Waals surface area contributed by atoms with Crippen molar-refractivity contribution in [3.63, 3.8) is 0 Å². The van der Waals surface area contributed by atoms with Gasteiger partial charge in [0.05, 0.1) is 12.2 Å². The van der Waals surface area contributed by atoms with Crippen molar-refractivity contribution in [2.75, 3.05) is 26.2 Å². The summed E-state index contributed by atoms with van der Waals surface area (Å²) in [6.45, 7) is 17.7. The third-order valence-electron chi connectivity index (χ3n) is 13.7. The molecule has 4 unspecified atom stereocenters. The van der Waals surface area contributed by atoms with E-state index in [1.165, 1.54) is 6.42 Å². The molecule has 6 N–H and O–H groups in total. The van der Waals surface area contributed by atoms with Gasteiger partial charge in [0.1, 0.15) is 0 Å².